The van der Waals surface area contributed by atoms with E-state index < -0.39 is 29.5 Å². The van der Waals surface area contributed by atoms with Crippen LogP contribution in [0.1, 0.15) is 95.0 Å². The van der Waals surface area contributed by atoms with Crippen molar-refractivity contribution < 1.29 is 80.1 Å². The molecule has 5 aromatic rings. The van der Waals surface area contributed by atoms with Crippen molar-refractivity contribution in [2.45, 2.75) is 142 Å². The van der Waals surface area contributed by atoms with Crippen LogP contribution < -0.4 is 32.7 Å². The Balaban J connectivity index is 0.000000182. The van der Waals surface area contributed by atoms with Gasteiger partial charge in [0.15, 0.2) is 0 Å². The first-order chi connectivity index (χ1) is 55.0. The van der Waals surface area contributed by atoms with Gasteiger partial charge in [0.1, 0.15) is 42.7 Å². The topological polar surface area (TPSA) is 297 Å². The predicted octanol–water partition coefficient (Wildman–Crippen LogP) is 9.39. The number of ether oxygens (including phenoxy) is 10. The summed E-state index contributed by atoms with van der Waals surface area (Å²) in [4.78, 5) is 72.6. The van der Waals surface area contributed by atoms with Gasteiger partial charge in [-0.1, -0.05) is 115 Å². The zero-order chi connectivity index (χ0) is 81.3. The Hall–Kier alpha value is -8.17. The molecule has 0 aliphatic carbocycles. The Kier molecular flexibility index (Phi) is 39.8. The monoisotopic (exact) mass is 1590 g/mol. The summed E-state index contributed by atoms with van der Waals surface area (Å²) in [6.07, 6.45) is 2.57. The average Bonchev–Trinajstić information content (AvgIpc) is 0.866. The summed E-state index contributed by atoms with van der Waals surface area (Å²) in [6.45, 7) is 33.3. The van der Waals surface area contributed by atoms with Crippen molar-refractivity contribution >= 4 is 30.5 Å². The number of nitrogens with two attached hydrogens (primary N) is 2. The van der Waals surface area contributed by atoms with E-state index in [1.165, 1.54) is 24.3 Å². The molecule has 29 heteroatoms. The van der Waals surface area contributed by atoms with Crippen molar-refractivity contribution in [3.05, 3.63) is 179 Å². The van der Waals surface area contributed by atoms with E-state index in [1.807, 2.05) is 154 Å². The van der Waals surface area contributed by atoms with Crippen LogP contribution in [0.4, 0.5) is 32.8 Å². The highest BCUT2D eigenvalue weighted by molar-refractivity contribution is 5.69. The van der Waals surface area contributed by atoms with Crippen LogP contribution >= 0.6 is 0 Å². The summed E-state index contributed by atoms with van der Waals surface area (Å²) >= 11 is 0. The van der Waals surface area contributed by atoms with Gasteiger partial charge in [-0.15, -0.1) is 0 Å². The second-order valence-electron chi connectivity index (χ2n) is 31.5. The molecule has 0 radical (unpaired) electrons. The van der Waals surface area contributed by atoms with E-state index >= 15 is 0 Å². The Bertz CT molecular complexity index is 3520. The third kappa shape index (κ3) is 37.2. The molecule has 7 saturated heterocycles. The molecule has 5 unspecified atom stereocenters. The number of hydrogen-bond donors (Lipinski definition) is 6. The van der Waals surface area contributed by atoms with E-state index in [0.29, 0.717) is 70.9 Å². The standard InChI is InChI=1S/C24H37N3O5.C20H23FN2O3.C16H31N3O3.C13H18N2O3.C12H17FN2O/c1-24(2,3)32-23(29)27-11-9-19(10-12-27)16-26-13-14-30-21(17-26)15-25-22(28)31-18-20-7-5-4-6-8-20;21-18-8-6-16(7-9-18)13-23-10-11-25-19(14-23)12-22-20(24)26-15-17-4-2-1-3-5-17;1-16(2,3)22-15(20)19-6-4-13(5-7-19)11-18-8-9-21-14(10-17)12-18;16-13(15-9-12-8-14-6-7-17-12)18-10-11-4-2-1-3-5-11;13-11-3-1-10(2-4-11)8-15-5-6-16-12(7-14)9-15/h4-8,19,21H,9-18H2,1-3H3,(H,25,28);1-9,19H,10-15H2,(H,22,24);13-14H,4-12,17H2,1-3H3;1-5,12,14H,6-10H2,(H,15,16);1-4,12H,5-9,14H2. The number of alkyl carbamates (subject to hydrolysis) is 3. The molecular formula is C85H126F2N12O15. The van der Waals surface area contributed by atoms with Crippen molar-refractivity contribution in [2.75, 3.05) is 170 Å². The van der Waals surface area contributed by atoms with Crippen molar-refractivity contribution in [3.63, 3.8) is 0 Å². The number of amides is 5. The Morgan fingerprint density at radius 3 is 1.07 bits per heavy atom. The van der Waals surface area contributed by atoms with Crippen molar-refractivity contribution in [2.24, 2.45) is 23.3 Å². The summed E-state index contributed by atoms with van der Waals surface area (Å²) in [7, 11) is 0. The number of rotatable bonds is 22. The average molecular weight is 1590 g/mol. The van der Waals surface area contributed by atoms with E-state index in [-0.39, 0.29) is 74.2 Å². The third-order valence-electron chi connectivity index (χ3n) is 19.7. The highest BCUT2D eigenvalue weighted by atomic mass is 19.1. The quantitative estimate of drug-likeness (QED) is 0.0352. The minimum absolute atomic E-state index is 0.0306. The zero-order valence-corrected chi connectivity index (χ0v) is 67.8. The molecule has 7 fully saturated rings. The van der Waals surface area contributed by atoms with Gasteiger partial charge in [0, 0.05) is 151 Å². The number of morpholine rings is 5. The number of benzene rings is 5. The molecule has 27 nitrogen and oxygen atoms in total. The number of carbonyl (C=O) groups is 5. The Labute approximate surface area is 672 Å². The van der Waals surface area contributed by atoms with Gasteiger partial charge >= 0.3 is 30.5 Å². The first-order valence-corrected chi connectivity index (χ1v) is 40.3. The summed E-state index contributed by atoms with van der Waals surface area (Å²) in [5.41, 5.74) is 15.5. The number of piperidine rings is 2. The van der Waals surface area contributed by atoms with Gasteiger partial charge in [-0.2, -0.15) is 0 Å². The molecule has 7 aliphatic rings. The summed E-state index contributed by atoms with van der Waals surface area (Å²) in [5.74, 6) is 0.781. The molecule has 5 atom stereocenters. The third-order valence-corrected chi connectivity index (χ3v) is 19.7. The number of halogens is 2. The maximum atomic E-state index is 13.0. The van der Waals surface area contributed by atoms with E-state index in [1.54, 1.807) is 12.1 Å². The van der Waals surface area contributed by atoms with Gasteiger partial charge < -0.3 is 89.9 Å². The van der Waals surface area contributed by atoms with Crippen LogP contribution in [0.15, 0.2) is 140 Å². The molecule has 8 N–H and O–H groups in total. The van der Waals surface area contributed by atoms with E-state index in [9.17, 15) is 32.8 Å². The van der Waals surface area contributed by atoms with E-state index in [2.05, 4.69) is 40.9 Å². The molecule has 5 aromatic carbocycles. The van der Waals surface area contributed by atoms with Gasteiger partial charge in [0.25, 0.3) is 0 Å². The van der Waals surface area contributed by atoms with Gasteiger partial charge in [0.2, 0.25) is 0 Å². The van der Waals surface area contributed by atoms with Crippen LogP contribution in [0.5, 0.6) is 0 Å². The number of likely N-dealkylation sites (tertiary alicyclic amines) is 2. The molecule has 0 bridgehead atoms. The number of nitrogens with one attached hydrogen (secondary N) is 4. The highest BCUT2D eigenvalue weighted by Crippen LogP contribution is 2.25. The SMILES string of the molecule is CC(C)(C)OC(=O)N1CCC(CN2CCOC(CN)C2)CC1.CC(C)(C)OC(=O)N1CCC(CN2CCOC(CNC(=O)OCc3ccccc3)C2)CC1.NCC1CN(Cc2ccc(F)cc2)CCO1.O=C(NCC1CN(Cc2ccc(F)cc2)CCO1)OCc1ccccc1.O=C(NCC1CNCCO1)OCc1ccccc1. The second kappa shape index (κ2) is 49.7. The van der Waals surface area contributed by atoms with Gasteiger partial charge in [-0.05, 0) is 131 Å². The second-order valence-corrected chi connectivity index (χ2v) is 31.5. The minimum Gasteiger partial charge on any atom is -0.445 e. The maximum Gasteiger partial charge on any atom is 0.410 e. The fourth-order valence-electron chi connectivity index (χ4n) is 13.6. The summed E-state index contributed by atoms with van der Waals surface area (Å²) in [5, 5.41) is 11.5. The van der Waals surface area contributed by atoms with E-state index in [4.69, 9.17) is 58.8 Å². The lowest BCUT2D eigenvalue weighted by atomic mass is 9.96. The highest BCUT2D eigenvalue weighted by Gasteiger charge is 2.32. The number of carbonyl (C=O) groups excluding carboxylic acids is 5. The van der Waals surface area contributed by atoms with Gasteiger partial charge in [-0.3, -0.25) is 19.6 Å². The fraction of sp³-hybridized carbons (Fsp3) is 0.588. The van der Waals surface area contributed by atoms with Crippen LogP contribution in [-0.2, 0) is 80.3 Å². The van der Waals surface area contributed by atoms with Crippen LogP contribution in [-0.4, -0.2) is 272 Å². The molecular weight excluding hydrogens is 1470 g/mol. The maximum absolute atomic E-state index is 13.0. The first kappa shape index (κ1) is 91.4. The summed E-state index contributed by atoms with van der Waals surface area (Å²) in [6, 6.07) is 41.9. The van der Waals surface area contributed by atoms with E-state index in [0.717, 1.165) is 178 Å². The molecule has 0 saturated carbocycles. The van der Waals surface area contributed by atoms with Crippen molar-refractivity contribution in [3.8, 4) is 0 Å². The van der Waals surface area contributed by atoms with Crippen LogP contribution in [0.25, 0.3) is 0 Å². The fourth-order valence-corrected chi connectivity index (χ4v) is 13.6. The normalized spacial score (nSPS) is 20.8. The van der Waals surface area contributed by atoms with Crippen molar-refractivity contribution in [1.29, 1.82) is 0 Å². The molecule has 5 amide bonds. The molecule has 7 heterocycles. The lowest BCUT2D eigenvalue weighted by molar-refractivity contribution is -0.0348. The molecule has 630 valence electrons. The smallest absolute Gasteiger partial charge is 0.410 e. The molecule has 0 spiro atoms. The number of hydrogen-bond acceptors (Lipinski definition) is 22. The predicted molar refractivity (Wildman–Crippen MR) is 431 cm³/mol. The Morgan fingerprint density at radius 2 is 0.728 bits per heavy atom. The lowest BCUT2D eigenvalue weighted by Crippen LogP contribution is -2.50. The summed E-state index contributed by atoms with van der Waals surface area (Å²) < 4.78 is 80.3. The molecule has 12 rings (SSSR count). The largest absolute Gasteiger partial charge is 0.445 e. The van der Waals surface area contributed by atoms with Gasteiger partial charge in [0.05, 0.1) is 63.6 Å². The molecule has 7 aliphatic heterocycles. The zero-order valence-electron chi connectivity index (χ0n) is 67.8. The van der Waals surface area contributed by atoms with Gasteiger partial charge in [-0.25, -0.2) is 32.8 Å². The van der Waals surface area contributed by atoms with Crippen LogP contribution in [0, 0.1) is 23.5 Å². The lowest BCUT2D eigenvalue weighted by Gasteiger charge is -2.38. The Morgan fingerprint density at radius 1 is 0.412 bits per heavy atom. The van der Waals surface area contributed by atoms with Crippen LogP contribution in [0.3, 0.4) is 0 Å². The van der Waals surface area contributed by atoms with Crippen molar-refractivity contribution in [1.82, 2.24) is 50.7 Å². The first-order valence-electron chi connectivity index (χ1n) is 40.3. The molecule has 0 aromatic heterocycles. The minimum atomic E-state index is -0.460. The molecule has 114 heavy (non-hydrogen) atoms. The number of nitrogens with zero attached hydrogens (tertiary/aromatic N) is 6. The van der Waals surface area contributed by atoms with Crippen LogP contribution in [0.2, 0.25) is 0 Å².